The number of primary amides is 1. The zero-order chi connectivity index (χ0) is 8.43. The second kappa shape index (κ2) is 2.41. The van der Waals surface area contributed by atoms with Gasteiger partial charge in [-0.15, -0.1) is 0 Å². The van der Waals surface area contributed by atoms with Crippen LogP contribution in [0.1, 0.15) is 10.6 Å². The number of nitrogens with two attached hydrogens (primary N) is 1. The molecule has 0 atom stereocenters. The number of carbonyl (C=O) groups is 1. The van der Waals surface area contributed by atoms with Gasteiger partial charge >= 0.3 is 11.3 Å². The molecule has 1 amide bonds. The average Bonchev–Trinajstić information content (AvgIpc) is 1.94. The van der Waals surface area contributed by atoms with Crippen LogP contribution in [0, 0.1) is 0 Å². The fourth-order valence-corrected chi connectivity index (χ4v) is 0.429. The summed E-state index contributed by atoms with van der Waals surface area (Å²) < 4.78 is 8.22. The number of hydrogen-bond acceptors (Lipinski definition) is 5. The first-order chi connectivity index (χ1) is 5.11. The molecule has 6 heteroatoms. The smallest absolute Gasteiger partial charge is 0.422 e. The largest absolute Gasteiger partial charge is 0.423 e. The molecule has 1 aromatic heterocycles. The van der Waals surface area contributed by atoms with Gasteiger partial charge in [0, 0.05) is 0 Å². The maximum absolute atomic E-state index is 10.4. The minimum atomic E-state index is -1.25. The Morgan fingerprint density at radius 1 is 1.36 bits per heavy atom. The summed E-state index contributed by atoms with van der Waals surface area (Å²) >= 11 is 0. The van der Waals surface area contributed by atoms with Crippen molar-refractivity contribution >= 4 is 5.91 Å². The maximum atomic E-state index is 10.4. The van der Waals surface area contributed by atoms with Gasteiger partial charge in [0.25, 0.3) is 5.91 Å². The normalized spacial score (nSPS) is 9.45. The summed E-state index contributed by atoms with van der Waals surface area (Å²) in [6.45, 7) is 0. The first-order valence-corrected chi connectivity index (χ1v) is 2.54. The molecule has 0 radical (unpaired) electrons. The molecule has 0 aromatic carbocycles. The van der Waals surface area contributed by atoms with Gasteiger partial charge in [0.1, 0.15) is 6.26 Å². The van der Waals surface area contributed by atoms with Crippen LogP contribution in [-0.4, -0.2) is 5.91 Å². The molecule has 0 aliphatic rings. The molecule has 0 bridgehead atoms. The van der Waals surface area contributed by atoms with E-state index in [1.807, 2.05) is 0 Å². The van der Waals surface area contributed by atoms with Crippen molar-refractivity contribution in [3.05, 3.63) is 32.9 Å². The van der Waals surface area contributed by atoms with Crippen LogP contribution in [0.5, 0.6) is 0 Å². The second-order valence-electron chi connectivity index (χ2n) is 1.64. The standard InChI is InChI=1S/C5H3NO5/c6-3(7)2-1-10-4(8)5(9)11-2/h1H,(H2,6,7). The van der Waals surface area contributed by atoms with Gasteiger partial charge in [-0.1, -0.05) is 0 Å². The topological polar surface area (TPSA) is 104 Å². The van der Waals surface area contributed by atoms with Gasteiger partial charge in [-0.3, -0.25) is 4.79 Å². The lowest BCUT2D eigenvalue weighted by Gasteiger charge is -1.87. The molecular weight excluding hydrogens is 154 g/mol. The average molecular weight is 157 g/mol. The quantitative estimate of drug-likeness (QED) is 0.509. The first kappa shape index (κ1) is 7.26. The minimum absolute atomic E-state index is 0.477. The van der Waals surface area contributed by atoms with Crippen LogP contribution in [-0.2, 0) is 0 Å². The maximum Gasteiger partial charge on any atom is 0.423 e. The first-order valence-electron chi connectivity index (χ1n) is 2.54. The highest BCUT2D eigenvalue weighted by molar-refractivity contribution is 5.89. The lowest BCUT2D eigenvalue weighted by atomic mass is 10.5. The highest BCUT2D eigenvalue weighted by Crippen LogP contribution is 1.87. The van der Waals surface area contributed by atoms with E-state index in [0.717, 1.165) is 0 Å². The van der Waals surface area contributed by atoms with Crippen molar-refractivity contribution in [3.63, 3.8) is 0 Å². The number of carbonyl (C=O) groups excluding carboxylic acids is 1. The molecule has 0 aliphatic carbocycles. The molecule has 0 unspecified atom stereocenters. The zero-order valence-corrected chi connectivity index (χ0v) is 5.20. The van der Waals surface area contributed by atoms with E-state index in [0.29, 0.717) is 6.26 Å². The van der Waals surface area contributed by atoms with Crippen molar-refractivity contribution in [2.45, 2.75) is 0 Å². The van der Waals surface area contributed by atoms with Crippen LogP contribution < -0.4 is 17.0 Å². The highest BCUT2D eigenvalue weighted by atomic mass is 16.5. The van der Waals surface area contributed by atoms with Crippen LogP contribution in [0.4, 0.5) is 0 Å². The van der Waals surface area contributed by atoms with Crippen molar-refractivity contribution in [3.8, 4) is 0 Å². The monoisotopic (exact) mass is 157 g/mol. The number of rotatable bonds is 1. The molecule has 1 rings (SSSR count). The molecule has 1 aromatic rings. The molecule has 0 spiro atoms. The van der Waals surface area contributed by atoms with Crippen LogP contribution in [0.2, 0.25) is 0 Å². The Labute approximate surface area is 59.2 Å². The fourth-order valence-electron chi connectivity index (χ4n) is 0.429. The van der Waals surface area contributed by atoms with Gasteiger partial charge in [-0.05, 0) is 0 Å². The molecule has 0 saturated carbocycles. The summed E-state index contributed by atoms with van der Waals surface area (Å²) in [5.74, 6) is -1.44. The van der Waals surface area contributed by atoms with E-state index in [2.05, 4.69) is 8.83 Å². The zero-order valence-electron chi connectivity index (χ0n) is 5.20. The van der Waals surface area contributed by atoms with E-state index in [1.54, 1.807) is 0 Å². The predicted octanol–water partition coefficient (Wildman–Crippen LogP) is -1.31. The highest BCUT2D eigenvalue weighted by Gasteiger charge is 2.06. The van der Waals surface area contributed by atoms with Crippen molar-refractivity contribution in [1.82, 2.24) is 0 Å². The van der Waals surface area contributed by atoms with Gasteiger partial charge in [0.15, 0.2) is 0 Å². The van der Waals surface area contributed by atoms with Gasteiger partial charge < -0.3 is 14.6 Å². The van der Waals surface area contributed by atoms with E-state index in [4.69, 9.17) is 5.73 Å². The summed E-state index contributed by atoms with van der Waals surface area (Å²) in [5, 5.41) is 0. The number of amides is 1. The predicted molar refractivity (Wildman–Crippen MR) is 32.0 cm³/mol. The lowest BCUT2D eigenvalue weighted by molar-refractivity contribution is 0.0962. The van der Waals surface area contributed by atoms with E-state index in [-0.39, 0.29) is 0 Å². The Balaban J connectivity index is 3.38. The van der Waals surface area contributed by atoms with Crippen molar-refractivity contribution in [2.24, 2.45) is 5.73 Å². The van der Waals surface area contributed by atoms with Crippen LogP contribution in [0.3, 0.4) is 0 Å². The third-order valence-electron chi connectivity index (χ3n) is 0.885. The molecule has 1 heterocycles. The third kappa shape index (κ3) is 1.34. The van der Waals surface area contributed by atoms with E-state index in [9.17, 15) is 14.4 Å². The van der Waals surface area contributed by atoms with E-state index >= 15 is 0 Å². The van der Waals surface area contributed by atoms with Crippen molar-refractivity contribution < 1.29 is 13.6 Å². The summed E-state index contributed by atoms with van der Waals surface area (Å²) in [5.41, 5.74) is 2.28. The molecular formula is C5H3NO5. The molecule has 0 saturated heterocycles. The second-order valence-corrected chi connectivity index (χ2v) is 1.64. The van der Waals surface area contributed by atoms with Crippen LogP contribution in [0.25, 0.3) is 0 Å². The van der Waals surface area contributed by atoms with Gasteiger partial charge in [0.2, 0.25) is 5.76 Å². The third-order valence-corrected chi connectivity index (χ3v) is 0.885. The number of hydrogen-bond donors (Lipinski definition) is 1. The molecule has 58 valence electrons. The molecule has 11 heavy (non-hydrogen) atoms. The molecule has 0 fully saturated rings. The summed E-state index contributed by atoms with van der Waals surface area (Å²) in [4.78, 5) is 30.9. The van der Waals surface area contributed by atoms with Crippen molar-refractivity contribution in [2.75, 3.05) is 0 Å². The SMILES string of the molecule is NC(=O)c1coc(=O)c(=O)o1. The summed E-state index contributed by atoms with van der Waals surface area (Å²) in [6.07, 6.45) is 0.687. The van der Waals surface area contributed by atoms with Gasteiger partial charge in [-0.25, -0.2) is 9.59 Å². The summed E-state index contributed by atoms with van der Waals surface area (Å²) in [7, 11) is 0. The van der Waals surface area contributed by atoms with E-state index in [1.165, 1.54) is 0 Å². The van der Waals surface area contributed by atoms with Gasteiger partial charge in [0.05, 0.1) is 0 Å². The Morgan fingerprint density at radius 3 is 2.45 bits per heavy atom. The molecule has 2 N–H and O–H groups in total. The Kier molecular flexibility index (Phi) is 1.59. The Bertz CT molecular complexity index is 386. The molecule has 0 aliphatic heterocycles. The van der Waals surface area contributed by atoms with Crippen LogP contribution >= 0.6 is 0 Å². The molecule has 6 nitrogen and oxygen atoms in total. The van der Waals surface area contributed by atoms with Crippen molar-refractivity contribution in [1.29, 1.82) is 0 Å². The van der Waals surface area contributed by atoms with E-state index < -0.39 is 22.9 Å². The minimum Gasteiger partial charge on any atom is -0.422 e. The lowest BCUT2D eigenvalue weighted by Crippen LogP contribution is -2.24. The van der Waals surface area contributed by atoms with Crippen LogP contribution in [0.15, 0.2) is 24.7 Å². The fraction of sp³-hybridized carbons (Fsp3) is 0. The summed E-state index contributed by atoms with van der Waals surface area (Å²) in [6, 6.07) is 0. The Morgan fingerprint density at radius 2 is 2.00 bits per heavy atom. The van der Waals surface area contributed by atoms with Gasteiger partial charge in [-0.2, -0.15) is 0 Å². The Hall–Kier alpha value is -1.85.